The summed E-state index contributed by atoms with van der Waals surface area (Å²) in [6, 6.07) is 0. The Labute approximate surface area is 120 Å². The smallest absolute Gasteiger partial charge is 0.412 e. The van der Waals surface area contributed by atoms with E-state index in [1.807, 2.05) is 13.8 Å². The Bertz CT molecular complexity index is 195. The fourth-order valence-electron chi connectivity index (χ4n) is 0.677. The number of unbranched alkanes of at least 4 members (excludes halogenated alkanes) is 4. The topological polar surface area (TPSA) is 187 Å². The first-order chi connectivity index (χ1) is 8.41. The summed E-state index contributed by atoms with van der Waals surface area (Å²) in [6.07, 6.45) is 7.01. The van der Waals surface area contributed by atoms with Crippen LogP contribution >= 0.6 is 15.6 Å². The van der Waals surface area contributed by atoms with Gasteiger partial charge in [-0.2, -0.15) is 0 Å². The molecule has 0 aliphatic heterocycles. The summed E-state index contributed by atoms with van der Waals surface area (Å²) in [7, 11) is -9.28. The van der Waals surface area contributed by atoms with Crippen molar-refractivity contribution in [3.8, 4) is 0 Å². The van der Waals surface area contributed by atoms with Gasteiger partial charge in [0.15, 0.2) is 0 Å². The third-order valence-corrected chi connectivity index (χ3v) is 1.21. The molecule has 0 atom stereocenters. The highest BCUT2D eigenvalue weighted by atomic mass is 31.2. The van der Waals surface area contributed by atoms with Crippen molar-refractivity contribution in [1.29, 1.82) is 0 Å². The standard InChI is InChI=1S/C7H16.C2H6.2H3O4P.H2O/c1-3-5-7-6-4-2;1-2;2*1-5(2,3)4;/h3-7H2,1-2H3;1-2H3;2*(H3,1,2,3,4);1H2. The van der Waals surface area contributed by atoms with E-state index < -0.39 is 15.6 Å². The van der Waals surface area contributed by atoms with E-state index in [4.69, 9.17) is 38.5 Å². The lowest BCUT2D eigenvalue weighted by Crippen LogP contribution is -1.70. The van der Waals surface area contributed by atoms with Gasteiger partial charge in [-0.05, 0) is 0 Å². The molecule has 0 aromatic carbocycles. The summed E-state index contributed by atoms with van der Waals surface area (Å²) < 4.78 is 17.8. The molecular formula is C9H30O9P2. The van der Waals surface area contributed by atoms with E-state index in [0.717, 1.165) is 0 Å². The van der Waals surface area contributed by atoms with Crippen LogP contribution in [0.1, 0.15) is 59.8 Å². The molecule has 0 saturated heterocycles. The lowest BCUT2D eigenvalue weighted by atomic mass is 10.2. The third-order valence-electron chi connectivity index (χ3n) is 1.21. The van der Waals surface area contributed by atoms with Gasteiger partial charge in [-0.15, -0.1) is 0 Å². The fraction of sp³-hybridized carbons (Fsp3) is 1.00. The van der Waals surface area contributed by atoms with Gasteiger partial charge < -0.3 is 34.8 Å². The van der Waals surface area contributed by atoms with Gasteiger partial charge in [0, 0.05) is 0 Å². The first-order valence-corrected chi connectivity index (χ1v) is 9.11. The molecular weight excluding hydrogens is 314 g/mol. The van der Waals surface area contributed by atoms with Gasteiger partial charge in [0.2, 0.25) is 0 Å². The van der Waals surface area contributed by atoms with Crippen molar-refractivity contribution in [2.75, 3.05) is 0 Å². The predicted molar refractivity (Wildman–Crippen MR) is 77.9 cm³/mol. The molecule has 0 rings (SSSR count). The van der Waals surface area contributed by atoms with Gasteiger partial charge >= 0.3 is 15.6 Å². The molecule has 20 heavy (non-hydrogen) atoms. The zero-order valence-electron chi connectivity index (χ0n) is 12.4. The van der Waals surface area contributed by atoms with E-state index in [2.05, 4.69) is 13.8 Å². The average Bonchev–Trinajstić information content (AvgIpc) is 2.17. The van der Waals surface area contributed by atoms with Gasteiger partial charge in [0.05, 0.1) is 0 Å². The molecule has 8 N–H and O–H groups in total. The molecule has 0 spiro atoms. The van der Waals surface area contributed by atoms with Crippen molar-refractivity contribution in [2.45, 2.75) is 59.8 Å². The summed E-state index contributed by atoms with van der Waals surface area (Å²) in [4.78, 5) is 43.1. The van der Waals surface area contributed by atoms with Crippen molar-refractivity contribution in [1.82, 2.24) is 0 Å². The second-order valence-corrected chi connectivity index (χ2v) is 5.14. The maximum Gasteiger partial charge on any atom is 0.466 e. The van der Waals surface area contributed by atoms with Gasteiger partial charge in [0.25, 0.3) is 0 Å². The number of rotatable bonds is 4. The monoisotopic (exact) mass is 344 g/mol. The number of hydrogen-bond donors (Lipinski definition) is 6. The van der Waals surface area contributed by atoms with Crippen LogP contribution in [-0.4, -0.2) is 34.8 Å². The van der Waals surface area contributed by atoms with Crippen LogP contribution in [0.5, 0.6) is 0 Å². The molecule has 0 fully saturated rings. The molecule has 0 unspecified atom stereocenters. The van der Waals surface area contributed by atoms with Crippen LogP contribution in [0.15, 0.2) is 0 Å². The first-order valence-electron chi connectivity index (χ1n) is 5.98. The minimum absolute atomic E-state index is 0. The van der Waals surface area contributed by atoms with E-state index in [0.29, 0.717) is 0 Å². The molecule has 0 heterocycles. The SMILES string of the molecule is CC.CCCCCCC.O.O=P(O)(O)O.O=P(O)(O)O. The molecule has 0 amide bonds. The Hall–Kier alpha value is 0.180. The maximum absolute atomic E-state index is 8.88. The molecule has 0 bridgehead atoms. The molecule has 0 aliphatic carbocycles. The van der Waals surface area contributed by atoms with Crippen molar-refractivity contribution >= 4 is 15.6 Å². The second kappa shape index (κ2) is 21.5. The molecule has 0 radical (unpaired) electrons. The Morgan fingerprint density at radius 2 is 0.800 bits per heavy atom. The van der Waals surface area contributed by atoms with Crippen LogP contribution < -0.4 is 0 Å². The van der Waals surface area contributed by atoms with E-state index >= 15 is 0 Å². The van der Waals surface area contributed by atoms with Crippen LogP contribution in [0.25, 0.3) is 0 Å². The van der Waals surface area contributed by atoms with Crippen molar-refractivity contribution in [2.24, 2.45) is 0 Å². The summed E-state index contributed by atoms with van der Waals surface area (Å²) >= 11 is 0. The summed E-state index contributed by atoms with van der Waals surface area (Å²) in [6.45, 7) is 8.49. The number of hydrogen-bond acceptors (Lipinski definition) is 2. The molecule has 11 heteroatoms. The minimum atomic E-state index is -4.64. The van der Waals surface area contributed by atoms with Gasteiger partial charge in [0.1, 0.15) is 0 Å². The van der Waals surface area contributed by atoms with E-state index in [1.54, 1.807) is 0 Å². The molecule has 0 aromatic heterocycles. The van der Waals surface area contributed by atoms with Crippen molar-refractivity contribution in [3.05, 3.63) is 0 Å². The zero-order valence-corrected chi connectivity index (χ0v) is 14.2. The highest BCUT2D eigenvalue weighted by Gasteiger charge is 2.00. The van der Waals surface area contributed by atoms with E-state index in [1.165, 1.54) is 32.1 Å². The lowest BCUT2D eigenvalue weighted by Gasteiger charge is -1.90. The van der Waals surface area contributed by atoms with Crippen LogP contribution in [-0.2, 0) is 9.13 Å². The Balaban J connectivity index is -0.0000000525. The number of phosphoric acid groups is 2. The molecule has 9 nitrogen and oxygen atoms in total. The van der Waals surface area contributed by atoms with Crippen LogP contribution in [0.2, 0.25) is 0 Å². The quantitative estimate of drug-likeness (QED) is 0.325. The van der Waals surface area contributed by atoms with Crippen molar-refractivity contribution < 1.29 is 44.0 Å². The van der Waals surface area contributed by atoms with Gasteiger partial charge in [-0.25, -0.2) is 9.13 Å². The highest BCUT2D eigenvalue weighted by molar-refractivity contribution is 7.45. The van der Waals surface area contributed by atoms with Crippen LogP contribution in [0.3, 0.4) is 0 Å². The molecule has 0 aliphatic rings. The highest BCUT2D eigenvalue weighted by Crippen LogP contribution is 2.26. The molecule has 0 aromatic rings. The predicted octanol–water partition coefficient (Wildman–Crippen LogP) is 1.32. The normalized spacial score (nSPS) is 9.50. The Morgan fingerprint density at radius 1 is 0.650 bits per heavy atom. The molecule has 0 saturated carbocycles. The van der Waals surface area contributed by atoms with Gasteiger partial charge in [-0.1, -0.05) is 59.8 Å². The third kappa shape index (κ3) is 307. The van der Waals surface area contributed by atoms with E-state index in [9.17, 15) is 0 Å². The summed E-state index contributed by atoms with van der Waals surface area (Å²) in [5.41, 5.74) is 0. The van der Waals surface area contributed by atoms with E-state index in [-0.39, 0.29) is 5.48 Å². The van der Waals surface area contributed by atoms with Crippen LogP contribution in [0, 0.1) is 0 Å². The minimum Gasteiger partial charge on any atom is -0.412 e. The van der Waals surface area contributed by atoms with Crippen LogP contribution in [0.4, 0.5) is 0 Å². The molecule has 130 valence electrons. The van der Waals surface area contributed by atoms with Gasteiger partial charge in [-0.3, -0.25) is 0 Å². The lowest BCUT2D eigenvalue weighted by molar-refractivity contribution is 0.272. The average molecular weight is 344 g/mol. The summed E-state index contributed by atoms with van der Waals surface area (Å²) in [5, 5.41) is 0. The Kier molecular flexibility index (Phi) is 34.6. The summed E-state index contributed by atoms with van der Waals surface area (Å²) in [5.74, 6) is 0. The fourth-order valence-corrected chi connectivity index (χ4v) is 0.677. The zero-order chi connectivity index (χ0) is 16.5. The Morgan fingerprint density at radius 3 is 0.900 bits per heavy atom. The maximum atomic E-state index is 8.88. The largest absolute Gasteiger partial charge is 0.466 e. The second-order valence-electron chi connectivity index (χ2n) is 3.09. The first kappa shape index (κ1) is 32.2. The van der Waals surface area contributed by atoms with Crippen molar-refractivity contribution in [3.63, 3.8) is 0 Å².